The fourth-order valence-corrected chi connectivity index (χ4v) is 4.58. The van der Waals surface area contributed by atoms with Gasteiger partial charge < -0.3 is 14.4 Å². The predicted molar refractivity (Wildman–Crippen MR) is 111 cm³/mol. The smallest absolute Gasteiger partial charge is 0.333 e. The van der Waals surface area contributed by atoms with Crippen molar-refractivity contribution in [3.05, 3.63) is 39.3 Å². The number of hydrogen-bond donors (Lipinski definition) is 1. The average molecular weight is 497 g/mol. The van der Waals surface area contributed by atoms with E-state index in [9.17, 15) is 22.8 Å². The zero-order valence-corrected chi connectivity index (χ0v) is 18.9. The number of nitrogens with zero attached hydrogens (tertiary/aromatic N) is 1. The second-order valence-electron chi connectivity index (χ2n) is 5.81. The highest BCUT2D eigenvalue weighted by Gasteiger charge is 2.27. The predicted octanol–water partition coefficient (Wildman–Crippen LogP) is 1.79. The lowest BCUT2D eigenvalue weighted by Crippen LogP contribution is -2.31. The molecule has 1 heterocycles. The van der Waals surface area contributed by atoms with E-state index in [0.29, 0.717) is 11.4 Å². The zero-order chi connectivity index (χ0) is 22.3. The summed E-state index contributed by atoms with van der Waals surface area (Å²) in [6.07, 6.45) is 1.52. The van der Waals surface area contributed by atoms with E-state index >= 15 is 0 Å². The van der Waals surface area contributed by atoms with Crippen LogP contribution in [0, 0.1) is 0 Å². The van der Waals surface area contributed by atoms with Crippen LogP contribution in [0.1, 0.15) is 6.42 Å². The Morgan fingerprint density at radius 1 is 1.30 bits per heavy atom. The molecule has 1 N–H and O–H groups in total. The molecule has 0 spiro atoms. The van der Waals surface area contributed by atoms with Gasteiger partial charge in [0.2, 0.25) is 15.9 Å². The quantitative estimate of drug-likeness (QED) is 0.312. The van der Waals surface area contributed by atoms with E-state index in [1.54, 1.807) is 0 Å². The zero-order valence-electron chi connectivity index (χ0n) is 15.7. The third-order valence-electron chi connectivity index (χ3n) is 3.75. The third-order valence-corrected chi connectivity index (χ3v) is 6.91. The topological polar surface area (TPSA) is 119 Å². The fourth-order valence-electron chi connectivity index (χ4n) is 2.27. The van der Waals surface area contributed by atoms with Crippen LogP contribution in [-0.4, -0.2) is 63.7 Å². The molecule has 1 amide bonds. The highest BCUT2D eigenvalue weighted by atomic mass is 35.5. The normalized spacial score (nSPS) is 15.5. The molecule has 164 valence electrons. The van der Waals surface area contributed by atoms with Gasteiger partial charge >= 0.3 is 11.9 Å². The molecule has 1 aromatic carbocycles. The van der Waals surface area contributed by atoms with Crippen LogP contribution < -0.4 is 4.72 Å². The summed E-state index contributed by atoms with van der Waals surface area (Å²) in [5.74, 6) is -1.32. The molecule has 0 unspecified atom stereocenters. The largest absolute Gasteiger partial charge is 0.466 e. The van der Waals surface area contributed by atoms with Gasteiger partial charge in [-0.2, -0.15) is 4.72 Å². The summed E-state index contributed by atoms with van der Waals surface area (Å²) in [6, 6.07) is 3.76. The number of thioether (sulfide) groups is 1. The van der Waals surface area contributed by atoms with Crippen LogP contribution in [0.5, 0.6) is 0 Å². The number of methoxy groups -OCH3 is 1. The van der Waals surface area contributed by atoms with E-state index in [4.69, 9.17) is 27.9 Å². The fraction of sp³-hybridized carbons (Fsp3) is 0.353. The lowest BCUT2D eigenvalue weighted by atomic mass is 10.4. The number of halogens is 2. The Labute approximate surface area is 187 Å². The number of benzene rings is 1. The number of nitrogens with one attached hydrogen (secondary N) is 1. The van der Waals surface area contributed by atoms with Gasteiger partial charge in [0.15, 0.2) is 0 Å². The van der Waals surface area contributed by atoms with Crippen molar-refractivity contribution < 1.29 is 32.3 Å². The van der Waals surface area contributed by atoms with Crippen LogP contribution in [-0.2, 0) is 33.9 Å². The molecule has 1 aliphatic heterocycles. The monoisotopic (exact) mass is 496 g/mol. The Hall–Kier alpha value is -1.79. The summed E-state index contributed by atoms with van der Waals surface area (Å²) >= 11 is 12.8. The average Bonchev–Trinajstić information content (AvgIpc) is 3.04. The number of ether oxygens (including phenoxy) is 2. The molecule has 13 heteroatoms. The van der Waals surface area contributed by atoms with Crippen molar-refractivity contribution in [2.45, 2.75) is 11.3 Å². The van der Waals surface area contributed by atoms with E-state index in [0.717, 1.165) is 0 Å². The van der Waals surface area contributed by atoms with E-state index < -0.39 is 28.5 Å². The van der Waals surface area contributed by atoms with Crippen LogP contribution in [0.3, 0.4) is 0 Å². The van der Waals surface area contributed by atoms with E-state index in [1.807, 2.05) is 0 Å². The van der Waals surface area contributed by atoms with Gasteiger partial charge in [0.05, 0.1) is 45.5 Å². The molecule has 0 atom stereocenters. The maximum Gasteiger partial charge on any atom is 0.333 e. The van der Waals surface area contributed by atoms with Crippen molar-refractivity contribution in [1.82, 2.24) is 9.62 Å². The molecule has 1 saturated heterocycles. The summed E-state index contributed by atoms with van der Waals surface area (Å²) in [6.45, 7) is -0.376. The van der Waals surface area contributed by atoms with Crippen LogP contribution in [0.4, 0.5) is 0 Å². The van der Waals surface area contributed by atoms with Crippen LogP contribution in [0.15, 0.2) is 34.2 Å². The standard InChI is InChI=1S/C17H18Cl2N2O7S2/c1-27-16(23)8-15-21(14(22)10-29-15)5-2-6-28-17(24)9-20-30(25,26)11-3-4-12(18)13(19)7-11/h3-4,7-8,20H,2,5-6,9-10H2,1H3/b15-8+. The molecular weight excluding hydrogens is 479 g/mol. The molecule has 1 aromatic rings. The first-order valence-electron chi connectivity index (χ1n) is 8.47. The van der Waals surface area contributed by atoms with Gasteiger partial charge in [0, 0.05) is 6.54 Å². The number of rotatable bonds is 9. The van der Waals surface area contributed by atoms with Gasteiger partial charge in [0.1, 0.15) is 6.54 Å². The Morgan fingerprint density at radius 3 is 2.70 bits per heavy atom. The van der Waals surface area contributed by atoms with Crippen LogP contribution in [0.25, 0.3) is 0 Å². The van der Waals surface area contributed by atoms with Gasteiger partial charge in [-0.3, -0.25) is 9.59 Å². The molecule has 0 radical (unpaired) electrons. The van der Waals surface area contributed by atoms with Crippen molar-refractivity contribution in [3.63, 3.8) is 0 Å². The molecule has 1 aliphatic rings. The molecule has 1 fully saturated rings. The third kappa shape index (κ3) is 6.88. The van der Waals surface area contributed by atoms with Gasteiger partial charge in [-0.25, -0.2) is 13.2 Å². The van der Waals surface area contributed by atoms with E-state index in [2.05, 4.69) is 9.46 Å². The minimum atomic E-state index is -3.97. The maximum atomic E-state index is 12.2. The van der Waals surface area contributed by atoms with Gasteiger partial charge in [-0.1, -0.05) is 35.0 Å². The Kier molecular flexibility index (Phi) is 8.98. The van der Waals surface area contributed by atoms with Crippen molar-refractivity contribution in [2.24, 2.45) is 0 Å². The SMILES string of the molecule is COC(=O)/C=C1/SCC(=O)N1CCCOC(=O)CNS(=O)(=O)c1ccc(Cl)c(Cl)c1. The summed E-state index contributed by atoms with van der Waals surface area (Å²) in [5.41, 5.74) is 0. The minimum absolute atomic E-state index is 0.0344. The maximum absolute atomic E-state index is 12.2. The number of esters is 2. The van der Waals surface area contributed by atoms with E-state index in [-0.39, 0.29) is 39.8 Å². The number of sulfonamides is 1. The summed E-state index contributed by atoms with van der Waals surface area (Å²) in [5, 5.41) is 0.736. The van der Waals surface area contributed by atoms with Crippen molar-refractivity contribution in [3.8, 4) is 0 Å². The lowest BCUT2D eigenvalue weighted by molar-refractivity contribution is -0.142. The van der Waals surface area contributed by atoms with Gasteiger partial charge in [-0.15, -0.1) is 0 Å². The second kappa shape index (κ2) is 11.0. The molecule has 30 heavy (non-hydrogen) atoms. The first-order valence-corrected chi connectivity index (χ1v) is 11.7. The van der Waals surface area contributed by atoms with Gasteiger partial charge in [0.25, 0.3) is 0 Å². The van der Waals surface area contributed by atoms with Crippen molar-refractivity contribution in [1.29, 1.82) is 0 Å². The molecule has 0 aromatic heterocycles. The first-order chi connectivity index (χ1) is 14.1. The Balaban J connectivity index is 1.78. The lowest BCUT2D eigenvalue weighted by Gasteiger charge is -2.16. The Bertz CT molecular complexity index is 967. The molecule has 0 aliphatic carbocycles. The number of carbonyl (C=O) groups excluding carboxylic acids is 3. The van der Waals surface area contributed by atoms with Crippen molar-refractivity contribution >= 4 is 62.8 Å². The first kappa shape index (κ1) is 24.5. The molecule has 0 saturated carbocycles. The van der Waals surface area contributed by atoms with Crippen molar-refractivity contribution in [2.75, 3.05) is 32.6 Å². The minimum Gasteiger partial charge on any atom is -0.466 e. The van der Waals surface area contributed by atoms with Crippen LogP contribution >= 0.6 is 35.0 Å². The number of amides is 1. The number of carbonyl (C=O) groups is 3. The Morgan fingerprint density at radius 2 is 2.03 bits per heavy atom. The molecular formula is C17H18Cl2N2O7S2. The number of hydrogen-bond acceptors (Lipinski definition) is 8. The highest BCUT2D eigenvalue weighted by molar-refractivity contribution is 8.04. The van der Waals surface area contributed by atoms with Crippen LogP contribution in [0.2, 0.25) is 10.0 Å². The summed E-state index contributed by atoms with van der Waals surface area (Å²) in [4.78, 5) is 36.3. The van der Waals surface area contributed by atoms with Gasteiger partial charge in [-0.05, 0) is 24.6 Å². The highest BCUT2D eigenvalue weighted by Crippen LogP contribution is 2.29. The summed E-state index contributed by atoms with van der Waals surface area (Å²) in [7, 11) is -2.73. The molecule has 0 bridgehead atoms. The van der Waals surface area contributed by atoms with E-state index in [1.165, 1.54) is 48.0 Å². The second-order valence-corrected chi connectivity index (χ2v) is 9.39. The molecule has 2 rings (SSSR count). The summed E-state index contributed by atoms with van der Waals surface area (Å²) < 4.78 is 36.0. The molecule has 9 nitrogen and oxygen atoms in total.